The van der Waals surface area contributed by atoms with Crippen LogP contribution >= 0.6 is 0 Å². The molecule has 7 atom stereocenters. The Bertz CT molecular complexity index is 1580. The normalized spacial score (nSPS) is 27.2. The molecular formula is C41H54N4O5. The number of fused-ring (bicyclic) bond motifs is 1. The predicted octanol–water partition coefficient (Wildman–Crippen LogP) is 7.23. The lowest BCUT2D eigenvalue weighted by molar-refractivity contribution is -0.278. The maximum absolute atomic E-state index is 13.8. The van der Waals surface area contributed by atoms with Crippen LogP contribution in [-0.4, -0.2) is 52.2 Å². The molecule has 1 aliphatic carbocycles. The van der Waals surface area contributed by atoms with Gasteiger partial charge in [-0.1, -0.05) is 86.5 Å². The quantitative estimate of drug-likeness (QED) is 0.190. The van der Waals surface area contributed by atoms with Crippen molar-refractivity contribution < 1.29 is 24.2 Å². The van der Waals surface area contributed by atoms with Gasteiger partial charge >= 0.3 is 6.03 Å². The van der Waals surface area contributed by atoms with E-state index in [0.717, 1.165) is 41.5 Å². The smallest absolute Gasteiger partial charge is 0.319 e. The van der Waals surface area contributed by atoms with Crippen LogP contribution in [0.3, 0.4) is 0 Å². The zero-order valence-corrected chi connectivity index (χ0v) is 29.9. The molecule has 9 heteroatoms. The van der Waals surface area contributed by atoms with Gasteiger partial charge in [0.25, 0.3) is 0 Å². The second-order valence-electron chi connectivity index (χ2n) is 15.4. The highest BCUT2D eigenvalue weighted by Crippen LogP contribution is 2.44. The third-order valence-electron chi connectivity index (χ3n) is 10.5. The Balaban J connectivity index is 1.26. The average Bonchev–Trinajstić information content (AvgIpc) is 3.11. The Morgan fingerprint density at radius 3 is 2.36 bits per heavy atom. The van der Waals surface area contributed by atoms with Gasteiger partial charge < -0.3 is 30.5 Å². The van der Waals surface area contributed by atoms with Crippen molar-refractivity contribution in [1.29, 1.82) is 0 Å². The predicted molar refractivity (Wildman–Crippen MR) is 195 cm³/mol. The van der Waals surface area contributed by atoms with Crippen molar-refractivity contribution in [2.75, 3.05) is 11.9 Å². The molecular weight excluding hydrogens is 628 g/mol. The summed E-state index contributed by atoms with van der Waals surface area (Å²) in [5.74, 6) is 0.663. The zero-order valence-electron chi connectivity index (χ0n) is 29.9. The standard InChI is InChI=1S/C41H54N4O5/c1-27-36(25-45-34-16-9-8-13-30(34)21-22-35(45)38(47)44-41(2,3)4)49-39(50-37(27)31-19-17-29(26-46)18-20-31)32-14-10-15-33(23-32)43-40(48)42-24-28-11-6-5-7-12-28/h5-7,10-12,14-15,17-20,23,27,30,34-37,39,46H,8-9,13,16,21-22,24-26H2,1-4H3,(H,44,47)(H2,42,43,48)/t27-,30-,34-,35-,36+,37+,39+/m1/s1. The number of likely N-dealkylation sites (tertiary alicyclic amines) is 1. The van der Waals surface area contributed by atoms with E-state index in [4.69, 9.17) is 9.47 Å². The monoisotopic (exact) mass is 682 g/mol. The van der Waals surface area contributed by atoms with Crippen molar-refractivity contribution in [2.45, 2.75) is 115 Å². The molecule has 0 radical (unpaired) electrons. The molecule has 3 aromatic rings. The number of urea groups is 1. The number of anilines is 1. The van der Waals surface area contributed by atoms with Gasteiger partial charge in [-0.25, -0.2) is 4.79 Å². The Morgan fingerprint density at radius 2 is 1.62 bits per heavy atom. The molecule has 1 saturated carbocycles. The zero-order chi connectivity index (χ0) is 35.3. The Morgan fingerprint density at radius 1 is 0.860 bits per heavy atom. The largest absolute Gasteiger partial charge is 0.392 e. The molecule has 4 N–H and O–H groups in total. The summed E-state index contributed by atoms with van der Waals surface area (Å²) in [5.41, 5.74) is 4.00. The maximum Gasteiger partial charge on any atom is 0.319 e. The van der Waals surface area contributed by atoms with Crippen LogP contribution in [0.4, 0.5) is 10.5 Å². The first-order valence-corrected chi connectivity index (χ1v) is 18.3. The number of carbonyl (C=O) groups excluding carboxylic acids is 2. The molecule has 6 rings (SSSR count). The number of nitrogens with one attached hydrogen (secondary N) is 3. The van der Waals surface area contributed by atoms with E-state index in [1.807, 2.05) is 99.6 Å². The van der Waals surface area contributed by atoms with E-state index in [1.165, 1.54) is 19.3 Å². The number of carbonyl (C=O) groups is 2. The minimum Gasteiger partial charge on any atom is -0.392 e. The number of benzene rings is 3. The van der Waals surface area contributed by atoms with Crippen LogP contribution in [0, 0.1) is 11.8 Å². The Kier molecular flexibility index (Phi) is 11.6. The van der Waals surface area contributed by atoms with Gasteiger partial charge in [-0.15, -0.1) is 0 Å². The molecule has 268 valence electrons. The maximum atomic E-state index is 13.8. The SMILES string of the molecule is C[C@@H]1[C@H](CN2[C@@H](C(=O)NC(C)(C)C)CC[C@H]3CCCC[C@H]32)O[C@H](c2cccc(NC(=O)NCc3ccccc3)c2)O[C@@H]1c1ccc(CO)cc1. The molecule has 0 spiro atoms. The fourth-order valence-electron chi connectivity index (χ4n) is 7.98. The molecule has 2 saturated heterocycles. The van der Waals surface area contributed by atoms with E-state index in [0.29, 0.717) is 30.7 Å². The number of aliphatic hydroxyl groups excluding tert-OH is 1. The van der Waals surface area contributed by atoms with Crippen LogP contribution in [-0.2, 0) is 27.4 Å². The highest BCUT2D eigenvalue weighted by atomic mass is 16.7. The fourth-order valence-corrected chi connectivity index (χ4v) is 7.98. The molecule has 9 nitrogen and oxygen atoms in total. The molecule has 3 aromatic carbocycles. The van der Waals surface area contributed by atoms with Crippen molar-refractivity contribution in [1.82, 2.24) is 15.5 Å². The lowest BCUT2D eigenvalue weighted by atomic mass is 9.75. The van der Waals surface area contributed by atoms with Crippen LogP contribution in [0.5, 0.6) is 0 Å². The lowest BCUT2D eigenvalue weighted by Gasteiger charge is -2.51. The highest BCUT2D eigenvalue weighted by molar-refractivity contribution is 5.89. The van der Waals surface area contributed by atoms with Gasteiger partial charge in [0.1, 0.15) is 0 Å². The van der Waals surface area contributed by atoms with Gasteiger partial charge in [-0.2, -0.15) is 0 Å². The Labute approximate surface area is 297 Å². The van der Waals surface area contributed by atoms with Crippen LogP contribution in [0.25, 0.3) is 0 Å². The van der Waals surface area contributed by atoms with Crippen molar-refractivity contribution in [3.05, 3.63) is 101 Å². The van der Waals surface area contributed by atoms with E-state index in [9.17, 15) is 14.7 Å². The van der Waals surface area contributed by atoms with Crippen LogP contribution in [0.2, 0.25) is 0 Å². The van der Waals surface area contributed by atoms with Crippen molar-refractivity contribution in [3.63, 3.8) is 0 Å². The number of nitrogens with zero attached hydrogens (tertiary/aromatic N) is 1. The lowest BCUT2D eigenvalue weighted by Crippen LogP contribution is -2.61. The van der Waals surface area contributed by atoms with Crippen LogP contribution in [0.1, 0.15) is 101 Å². The van der Waals surface area contributed by atoms with E-state index >= 15 is 0 Å². The number of hydrogen-bond donors (Lipinski definition) is 4. The molecule has 3 fully saturated rings. The number of amides is 3. The average molecular weight is 683 g/mol. The molecule has 3 amide bonds. The number of piperidine rings is 1. The summed E-state index contributed by atoms with van der Waals surface area (Å²) in [6, 6.07) is 25.2. The molecule has 0 bridgehead atoms. The van der Waals surface area contributed by atoms with E-state index in [2.05, 4.69) is 27.8 Å². The van der Waals surface area contributed by atoms with Gasteiger partial charge in [-0.3, -0.25) is 9.69 Å². The highest BCUT2D eigenvalue weighted by Gasteiger charge is 2.46. The van der Waals surface area contributed by atoms with Crippen molar-refractivity contribution in [2.24, 2.45) is 11.8 Å². The minimum absolute atomic E-state index is 0.0217. The van der Waals surface area contributed by atoms with Gasteiger partial charge in [0.05, 0.1) is 24.9 Å². The third-order valence-corrected chi connectivity index (χ3v) is 10.5. The van der Waals surface area contributed by atoms with Crippen LogP contribution in [0.15, 0.2) is 78.9 Å². The molecule has 3 aliphatic rings. The molecule has 0 aromatic heterocycles. The number of aliphatic hydroxyl groups is 1. The van der Waals surface area contributed by atoms with Gasteiger partial charge in [0.2, 0.25) is 5.91 Å². The fraction of sp³-hybridized carbons (Fsp3) is 0.512. The van der Waals surface area contributed by atoms with E-state index < -0.39 is 6.29 Å². The number of hydrogen-bond acceptors (Lipinski definition) is 6. The van der Waals surface area contributed by atoms with Gasteiger partial charge in [-0.05, 0) is 81.2 Å². The molecule has 0 unspecified atom stereocenters. The second kappa shape index (κ2) is 16.1. The van der Waals surface area contributed by atoms with Gasteiger partial charge in [0, 0.05) is 41.8 Å². The molecule has 2 heterocycles. The van der Waals surface area contributed by atoms with E-state index in [1.54, 1.807) is 0 Å². The van der Waals surface area contributed by atoms with Crippen molar-refractivity contribution >= 4 is 17.6 Å². The third kappa shape index (κ3) is 8.93. The number of ether oxygens (including phenoxy) is 2. The first kappa shape index (κ1) is 36.0. The topological polar surface area (TPSA) is 112 Å². The molecule has 2 aliphatic heterocycles. The van der Waals surface area contributed by atoms with E-state index in [-0.39, 0.29) is 48.3 Å². The summed E-state index contributed by atoms with van der Waals surface area (Å²) in [4.78, 5) is 29.1. The summed E-state index contributed by atoms with van der Waals surface area (Å²) in [6.07, 6.45) is 5.44. The first-order chi connectivity index (χ1) is 24.1. The van der Waals surface area contributed by atoms with Crippen LogP contribution < -0.4 is 16.0 Å². The summed E-state index contributed by atoms with van der Waals surface area (Å²) in [6.45, 7) is 9.31. The van der Waals surface area contributed by atoms with Crippen molar-refractivity contribution in [3.8, 4) is 0 Å². The summed E-state index contributed by atoms with van der Waals surface area (Å²) < 4.78 is 13.7. The molecule has 50 heavy (non-hydrogen) atoms. The minimum atomic E-state index is -0.693. The Hall–Kier alpha value is -3.76. The second-order valence-corrected chi connectivity index (χ2v) is 15.4. The summed E-state index contributed by atoms with van der Waals surface area (Å²) in [7, 11) is 0. The number of rotatable bonds is 9. The summed E-state index contributed by atoms with van der Waals surface area (Å²) in [5, 5.41) is 18.9. The van der Waals surface area contributed by atoms with Gasteiger partial charge in [0.15, 0.2) is 6.29 Å². The first-order valence-electron chi connectivity index (χ1n) is 18.3. The summed E-state index contributed by atoms with van der Waals surface area (Å²) >= 11 is 0.